The first kappa shape index (κ1) is 15.7. The normalized spacial score (nSPS) is 16.9. The Hall–Kier alpha value is -1.64. The lowest BCUT2D eigenvalue weighted by Crippen LogP contribution is -2.51. The molecular formula is C13H19N3O4S. The highest BCUT2D eigenvalue weighted by atomic mass is 32.2. The minimum atomic E-state index is -3.56. The summed E-state index contributed by atoms with van der Waals surface area (Å²) >= 11 is 0. The second kappa shape index (κ2) is 6.42. The number of carbonyl (C=O) groups excluding carboxylic acids is 1. The molecule has 2 N–H and O–H groups in total. The number of amides is 1. The topological polar surface area (TPSA) is 92.9 Å². The average molecular weight is 313 g/mol. The van der Waals surface area contributed by atoms with Crippen LogP contribution in [0.4, 0.5) is 5.69 Å². The van der Waals surface area contributed by atoms with E-state index in [0.29, 0.717) is 18.8 Å². The first-order valence-corrected chi connectivity index (χ1v) is 8.01. The third-order valence-electron chi connectivity index (χ3n) is 3.36. The van der Waals surface area contributed by atoms with E-state index in [2.05, 4.69) is 0 Å². The highest BCUT2D eigenvalue weighted by Crippen LogP contribution is 2.19. The van der Waals surface area contributed by atoms with Crippen molar-refractivity contribution in [3.8, 4) is 0 Å². The number of hydrogen-bond acceptors (Lipinski definition) is 5. The number of benzene rings is 1. The molecule has 7 nitrogen and oxygen atoms in total. The predicted molar refractivity (Wildman–Crippen MR) is 78.1 cm³/mol. The molecule has 0 bridgehead atoms. The van der Waals surface area contributed by atoms with Gasteiger partial charge in [-0.05, 0) is 18.2 Å². The number of piperazine rings is 1. The predicted octanol–water partition coefficient (Wildman–Crippen LogP) is -0.252. The third-order valence-corrected chi connectivity index (χ3v) is 5.25. The Morgan fingerprint density at radius 2 is 1.95 bits per heavy atom. The molecule has 1 aliphatic heterocycles. The van der Waals surface area contributed by atoms with Gasteiger partial charge in [0.1, 0.15) is 6.61 Å². The van der Waals surface area contributed by atoms with E-state index in [0.717, 1.165) is 0 Å². The van der Waals surface area contributed by atoms with Gasteiger partial charge in [-0.3, -0.25) is 4.79 Å². The lowest BCUT2D eigenvalue weighted by molar-refractivity contribution is -0.136. The van der Waals surface area contributed by atoms with Gasteiger partial charge in [-0.25, -0.2) is 8.42 Å². The van der Waals surface area contributed by atoms with Gasteiger partial charge in [-0.15, -0.1) is 0 Å². The van der Waals surface area contributed by atoms with Crippen molar-refractivity contribution in [2.75, 3.05) is 45.6 Å². The summed E-state index contributed by atoms with van der Waals surface area (Å²) in [7, 11) is -2.11. The molecule has 21 heavy (non-hydrogen) atoms. The molecule has 2 rings (SSSR count). The smallest absolute Gasteiger partial charge is 0.248 e. The molecule has 8 heteroatoms. The Bertz CT molecular complexity index is 610. The zero-order chi connectivity index (χ0) is 15.5. The number of methoxy groups -OCH3 is 1. The van der Waals surface area contributed by atoms with E-state index in [1.165, 1.54) is 23.5 Å². The van der Waals surface area contributed by atoms with Crippen LogP contribution in [-0.2, 0) is 19.6 Å². The van der Waals surface area contributed by atoms with Crippen LogP contribution in [0.15, 0.2) is 29.2 Å². The van der Waals surface area contributed by atoms with E-state index >= 15 is 0 Å². The van der Waals surface area contributed by atoms with Gasteiger partial charge < -0.3 is 15.4 Å². The Morgan fingerprint density at radius 3 is 2.52 bits per heavy atom. The van der Waals surface area contributed by atoms with Crippen LogP contribution >= 0.6 is 0 Å². The number of rotatable bonds is 4. The van der Waals surface area contributed by atoms with E-state index < -0.39 is 10.0 Å². The Balaban J connectivity index is 2.06. The molecule has 0 spiro atoms. The van der Waals surface area contributed by atoms with E-state index in [4.69, 9.17) is 10.5 Å². The minimum absolute atomic E-state index is 0.0158. The van der Waals surface area contributed by atoms with Crippen molar-refractivity contribution in [1.29, 1.82) is 0 Å². The van der Waals surface area contributed by atoms with E-state index in [1.54, 1.807) is 17.0 Å². The summed E-state index contributed by atoms with van der Waals surface area (Å²) in [6.07, 6.45) is 0. The molecule has 0 unspecified atom stereocenters. The molecule has 1 fully saturated rings. The first-order valence-electron chi connectivity index (χ1n) is 6.57. The zero-order valence-corrected chi connectivity index (χ0v) is 12.7. The largest absolute Gasteiger partial charge is 0.399 e. The number of sulfonamides is 1. The van der Waals surface area contributed by atoms with Crippen LogP contribution in [-0.4, -0.2) is 63.4 Å². The highest BCUT2D eigenvalue weighted by Gasteiger charge is 2.29. The lowest BCUT2D eigenvalue weighted by atomic mass is 10.3. The zero-order valence-electron chi connectivity index (χ0n) is 11.9. The van der Waals surface area contributed by atoms with Crippen molar-refractivity contribution in [1.82, 2.24) is 9.21 Å². The molecule has 1 saturated heterocycles. The summed E-state index contributed by atoms with van der Waals surface area (Å²) in [6, 6.07) is 6.22. The maximum Gasteiger partial charge on any atom is 0.248 e. The third kappa shape index (κ3) is 3.52. The molecule has 1 aromatic carbocycles. The Labute approximate surface area is 124 Å². The van der Waals surface area contributed by atoms with Crippen molar-refractivity contribution >= 4 is 21.6 Å². The summed E-state index contributed by atoms with van der Waals surface area (Å²) in [6.45, 7) is 1.29. The Morgan fingerprint density at radius 1 is 1.29 bits per heavy atom. The van der Waals surface area contributed by atoms with Gasteiger partial charge in [-0.1, -0.05) is 6.07 Å². The van der Waals surface area contributed by atoms with Crippen LogP contribution in [0.2, 0.25) is 0 Å². The first-order chi connectivity index (χ1) is 9.95. The number of hydrogen-bond donors (Lipinski definition) is 1. The molecule has 1 amide bonds. The minimum Gasteiger partial charge on any atom is -0.399 e. The summed E-state index contributed by atoms with van der Waals surface area (Å²) in [4.78, 5) is 13.5. The van der Waals surface area contributed by atoms with Gasteiger partial charge in [0, 0.05) is 39.0 Å². The highest BCUT2D eigenvalue weighted by molar-refractivity contribution is 7.89. The van der Waals surface area contributed by atoms with Crippen LogP contribution in [0.1, 0.15) is 0 Å². The number of nitrogen functional groups attached to an aromatic ring is 1. The molecule has 0 radical (unpaired) electrons. The molecule has 0 atom stereocenters. The SMILES string of the molecule is COCC(=O)N1CCN(S(=O)(=O)c2cccc(N)c2)CC1. The fourth-order valence-corrected chi connectivity index (χ4v) is 3.69. The second-order valence-corrected chi connectivity index (χ2v) is 6.73. The van der Waals surface area contributed by atoms with Crippen molar-refractivity contribution in [2.45, 2.75) is 4.90 Å². The summed E-state index contributed by atoms with van der Waals surface area (Å²) in [5, 5.41) is 0. The van der Waals surface area contributed by atoms with Gasteiger partial charge in [0.2, 0.25) is 15.9 Å². The number of carbonyl (C=O) groups is 1. The second-order valence-electron chi connectivity index (χ2n) is 4.79. The molecule has 0 saturated carbocycles. The maximum atomic E-state index is 12.5. The molecule has 1 aliphatic rings. The quantitative estimate of drug-likeness (QED) is 0.774. The Kier molecular flexibility index (Phi) is 4.81. The van der Waals surface area contributed by atoms with Gasteiger partial charge >= 0.3 is 0 Å². The molecule has 1 aromatic rings. The molecule has 116 valence electrons. The van der Waals surface area contributed by atoms with Crippen molar-refractivity contribution < 1.29 is 17.9 Å². The van der Waals surface area contributed by atoms with Crippen LogP contribution in [0.25, 0.3) is 0 Å². The summed E-state index contributed by atoms with van der Waals surface area (Å²) in [5.41, 5.74) is 6.04. The van der Waals surface area contributed by atoms with Crippen molar-refractivity contribution in [2.24, 2.45) is 0 Å². The molecule has 0 aliphatic carbocycles. The van der Waals surface area contributed by atoms with Gasteiger partial charge in [0.05, 0.1) is 4.90 Å². The maximum absolute atomic E-state index is 12.5. The van der Waals surface area contributed by atoms with Gasteiger partial charge in [-0.2, -0.15) is 4.31 Å². The summed E-state index contributed by atoms with van der Waals surface area (Å²) < 4.78 is 31.1. The molecular weight excluding hydrogens is 294 g/mol. The fraction of sp³-hybridized carbons (Fsp3) is 0.462. The van der Waals surface area contributed by atoms with Crippen LogP contribution < -0.4 is 5.73 Å². The standard InChI is InChI=1S/C13H19N3O4S/c1-20-10-13(17)15-5-7-16(8-6-15)21(18,19)12-4-2-3-11(14)9-12/h2-4,9H,5-8,10,14H2,1H3. The number of nitrogens with zero attached hydrogens (tertiary/aromatic N) is 2. The van der Waals surface area contributed by atoms with Crippen LogP contribution in [0.3, 0.4) is 0 Å². The average Bonchev–Trinajstić information content (AvgIpc) is 2.47. The van der Waals surface area contributed by atoms with E-state index in [9.17, 15) is 13.2 Å². The van der Waals surface area contributed by atoms with Gasteiger partial charge in [0.15, 0.2) is 0 Å². The monoisotopic (exact) mass is 313 g/mol. The van der Waals surface area contributed by atoms with E-state index in [-0.39, 0.29) is 30.5 Å². The number of nitrogens with two attached hydrogens (primary N) is 1. The molecule has 1 heterocycles. The van der Waals surface area contributed by atoms with Gasteiger partial charge in [0.25, 0.3) is 0 Å². The number of anilines is 1. The van der Waals surface area contributed by atoms with Crippen molar-refractivity contribution in [3.05, 3.63) is 24.3 Å². The fourth-order valence-electron chi connectivity index (χ4n) is 2.22. The van der Waals surface area contributed by atoms with Crippen LogP contribution in [0.5, 0.6) is 0 Å². The van der Waals surface area contributed by atoms with Crippen molar-refractivity contribution in [3.63, 3.8) is 0 Å². The van der Waals surface area contributed by atoms with Crippen LogP contribution in [0, 0.1) is 0 Å². The summed E-state index contributed by atoms with van der Waals surface area (Å²) in [5.74, 6) is -0.126. The lowest BCUT2D eigenvalue weighted by Gasteiger charge is -2.33. The number of ether oxygens (including phenoxy) is 1. The molecule has 0 aromatic heterocycles. The van der Waals surface area contributed by atoms with E-state index in [1.807, 2.05) is 0 Å².